The Morgan fingerprint density at radius 1 is 1.29 bits per heavy atom. The van der Waals surface area contributed by atoms with Gasteiger partial charge in [-0.1, -0.05) is 32.0 Å². The van der Waals surface area contributed by atoms with Crippen molar-refractivity contribution in [2.45, 2.75) is 32.7 Å². The quantitative estimate of drug-likeness (QED) is 0.876. The molecule has 21 heavy (non-hydrogen) atoms. The number of para-hydroxylation sites is 1. The molecular formula is C16H26N2O2S. The molecule has 1 N–H and O–H groups in total. The maximum absolute atomic E-state index is 11.8. The van der Waals surface area contributed by atoms with Gasteiger partial charge in [0.1, 0.15) is 0 Å². The molecule has 1 aliphatic heterocycles. The molecule has 4 nitrogen and oxygen atoms in total. The number of benzene rings is 1. The highest BCUT2D eigenvalue weighted by atomic mass is 32.2. The maximum Gasteiger partial charge on any atom is 0.151 e. The number of sulfone groups is 1. The van der Waals surface area contributed by atoms with Gasteiger partial charge in [-0.25, -0.2) is 8.42 Å². The Morgan fingerprint density at radius 2 is 2.05 bits per heavy atom. The van der Waals surface area contributed by atoms with Crippen LogP contribution in [0, 0.1) is 0 Å². The zero-order chi connectivity index (χ0) is 15.3. The molecule has 0 bridgehead atoms. The number of nitrogens with zero attached hydrogens (tertiary/aromatic N) is 1. The van der Waals surface area contributed by atoms with Crippen LogP contribution in [0.2, 0.25) is 0 Å². The third-order valence-electron chi connectivity index (χ3n) is 4.14. The van der Waals surface area contributed by atoms with Gasteiger partial charge in [0.25, 0.3) is 0 Å². The molecule has 1 aromatic rings. The first kappa shape index (κ1) is 16.3. The van der Waals surface area contributed by atoms with Gasteiger partial charge in [-0.15, -0.1) is 0 Å². The predicted octanol–water partition coefficient (Wildman–Crippen LogP) is 2.37. The van der Waals surface area contributed by atoms with Crippen LogP contribution in [-0.2, 0) is 9.84 Å². The summed E-state index contributed by atoms with van der Waals surface area (Å²) >= 11 is 0. The molecule has 0 spiro atoms. The molecule has 0 fully saturated rings. The summed E-state index contributed by atoms with van der Waals surface area (Å²) in [5.74, 6) is 0.464. The molecule has 0 aromatic heterocycles. The van der Waals surface area contributed by atoms with Crippen LogP contribution in [0.1, 0.15) is 38.3 Å². The van der Waals surface area contributed by atoms with Gasteiger partial charge in [-0.3, -0.25) is 0 Å². The molecule has 1 atom stereocenters. The second-order valence-electron chi connectivity index (χ2n) is 5.53. The highest BCUT2D eigenvalue weighted by Gasteiger charge is 2.22. The van der Waals surface area contributed by atoms with Crippen molar-refractivity contribution in [1.82, 2.24) is 5.32 Å². The van der Waals surface area contributed by atoms with E-state index < -0.39 is 9.84 Å². The highest BCUT2D eigenvalue weighted by Crippen LogP contribution is 2.32. The third kappa shape index (κ3) is 4.20. The number of anilines is 1. The van der Waals surface area contributed by atoms with E-state index in [1.54, 1.807) is 6.92 Å². The minimum absolute atomic E-state index is 0.225. The Kier molecular flexibility index (Phi) is 5.65. The summed E-state index contributed by atoms with van der Waals surface area (Å²) in [5.41, 5.74) is 2.48. The van der Waals surface area contributed by atoms with Gasteiger partial charge < -0.3 is 10.2 Å². The lowest BCUT2D eigenvalue weighted by Crippen LogP contribution is -2.30. The lowest BCUT2D eigenvalue weighted by atomic mass is 10.0. The monoisotopic (exact) mass is 310 g/mol. The number of rotatable bonds is 6. The van der Waals surface area contributed by atoms with Gasteiger partial charge in [-0.2, -0.15) is 0 Å². The van der Waals surface area contributed by atoms with Crippen molar-refractivity contribution in [3.63, 3.8) is 0 Å². The van der Waals surface area contributed by atoms with Crippen LogP contribution in [0.15, 0.2) is 24.3 Å². The first-order valence-electron chi connectivity index (χ1n) is 7.85. The molecule has 2 rings (SSSR count). The smallest absolute Gasteiger partial charge is 0.151 e. The van der Waals surface area contributed by atoms with Crippen LogP contribution < -0.4 is 10.2 Å². The number of fused-ring (bicyclic) bond motifs is 1. The second kappa shape index (κ2) is 7.27. The van der Waals surface area contributed by atoms with Crippen molar-refractivity contribution in [2.75, 3.05) is 36.0 Å². The van der Waals surface area contributed by atoms with Crippen molar-refractivity contribution in [1.29, 1.82) is 0 Å². The van der Waals surface area contributed by atoms with E-state index in [4.69, 9.17) is 0 Å². The molecule has 0 amide bonds. The van der Waals surface area contributed by atoms with Crippen LogP contribution in [0.4, 0.5) is 5.69 Å². The van der Waals surface area contributed by atoms with Crippen LogP contribution in [0.25, 0.3) is 0 Å². The Morgan fingerprint density at radius 3 is 2.76 bits per heavy atom. The summed E-state index contributed by atoms with van der Waals surface area (Å²) < 4.78 is 23.5. The molecule has 0 aliphatic carbocycles. The molecule has 5 heteroatoms. The van der Waals surface area contributed by atoms with Crippen LogP contribution >= 0.6 is 0 Å². The van der Waals surface area contributed by atoms with Crippen molar-refractivity contribution in [3.05, 3.63) is 29.8 Å². The molecule has 0 radical (unpaired) electrons. The molecule has 1 aliphatic rings. The lowest BCUT2D eigenvalue weighted by molar-refractivity contribution is 0.511. The number of hydrogen-bond donors (Lipinski definition) is 1. The number of nitrogens with one attached hydrogen (secondary N) is 1. The zero-order valence-corrected chi connectivity index (χ0v) is 13.8. The Balaban J connectivity index is 2.21. The van der Waals surface area contributed by atoms with Gasteiger partial charge in [0.05, 0.1) is 5.75 Å². The summed E-state index contributed by atoms with van der Waals surface area (Å²) in [6.07, 6.45) is 2.18. The van der Waals surface area contributed by atoms with Gasteiger partial charge in [0, 0.05) is 30.6 Å². The normalized spacial score (nSPS) is 19.1. The minimum atomic E-state index is -2.91. The van der Waals surface area contributed by atoms with E-state index in [9.17, 15) is 8.42 Å². The van der Waals surface area contributed by atoms with E-state index in [-0.39, 0.29) is 11.5 Å². The molecule has 1 heterocycles. The Labute approximate surface area is 128 Å². The fraction of sp³-hybridized carbons (Fsp3) is 0.625. The van der Waals surface area contributed by atoms with Crippen molar-refractivity contribution >= 4 is 15.5 Å². The van der Waals surface area contributed by atoms with Gasteiger partial charge >= 0.3 is 0 Å². The average Bonchev–Trinajstić information content (AvgIpc) is 2.66. The van der Waals surface area contributed by atoms with Crippen LogP contribution in [0.5, 0.6) is 0 Å². The fourth-order valence-electron chi connectivity index (χ4n) is 2.92. The topological polar surface area (TPSA) is 49.4 Å². The van der Waals surface area contributed by atoms with E-state index in [2.05, 4.69) is 35.3 Å². The molecule has 1 aromatic carbocycles. The summed E-state index contributed by atoms with van der Waals surface area (Å²) in [6, 6.07) is 8.75. The fourth-order valence-corrected chi connectivity index (χ4v) is 3.70. The van der Waals surface area contributed by atoms with E-state index in [1.807, 2.05) is 6.07 Å². The summed E-state index contributed by atoms with van der Waals surface area (Å²) in [4.78, 5) is 2.24. The molecular weight excluding hydrogens is 284 g/mol. The number of hydrogen-bond acceptors (Lipinski definition) is 4. The van der Waals surface area contributed by atoms with Gasteiger partial charge in [0.15, 0.2) is 9.84 Å². The third-order valence-corrected chi connectivity index (χ3v) is 5.82. The van der Waals surface area contributed by atoms with Crippen LogP contribution in [-0.4, -0.2) is 39.6 Å². The average molecular weight is 310 g/mol. The lowest BCUT2D eigenvalue weighted by Gasteiger charge is -2.26. The maximum atomic E-state index is 11.8. The van der Waals surface area contributed by atoms with E-state index in [0.717, 1.165) is 25.9 Å². The summed E-state index contributed by atoms with van der Waals surface area (Å²) in [5, 5.41) is 3.54. The summed E-state index contributed by atoms with van der Waals surface area (Å²) in [7, 11) is -2.91. The Bertz CT molecular complexity index is 557. The largest absolute Gasteiger partial charge is 0.370 e. The predicted molar refractivity (Wildman–Crippen MR) is 88.6 cm³/mol. The summed E-state index contributed by atoms with van der Waals surface area (Å²) in [6.45, 7) is 6.30. The first-order chi connectivity index (χ1) is 10.1. The van der Waals surface area contributed by atoms with Crippen molar-refractivity contribution in [3.8, 4) is 0 Å². The van der Waals surface area contributed by atoms with Crippen LogP contribution in [0.3, 0.4) is 0 Å². The van der Waals surface area contributed by atoms with Crippen molar-refractivity contribution < 1.29 is 8.42 Å². The molecule has 118 valence electrons. The first-order valence-corrected chi connectivity index (χ1v) is 9.67. The second-order valence-corrected chi connectivity index (χ2v) is 8.01. The van der Waals surface area contributed by atoms with E-state index in [0.29, 0.717) is 12.6 Å². The van der Waals surface area contributed by atoms with Gasteiger partial charge in [0.2, 0.25) is 0 Å². The molecule has 0 saturated carbocycles. The van der Waals surface area contributed by atoms with E-state index >= 15 is 0 Å². The molecule has 1 unspecified atom stereocenters. The SMILES string of the molecule is CCNC1CCCN(CCS(=O)(=O)CC)c2ccccc21. The highest BCUT2D eigenvalue weighted by molar-refractivity contribution is 7.91. The Hall–Kier alpha value is -1.07. The zero-order valence-electron chi connectivity index (χ0n) is 13.0. The van der Waals surface area contributed by atoms with E-state index in [1.165, 1.54) is 11.3 Å². The van der Waals surface area contributed by atoms with Gasteiger partial charge in [-0.05, 0) is 31.0 Å². The standard InChI is InChI=1S/C16H26N2O2S/c1-3-17-15-9-7-11-18(12-13-21(19,20)4-2)16-10-6-5-8-14(15)16/h5-6,8,10,15,17H,3-4,7,9,11-13H2,1-2H3. The molecule has 0 saturated heterocycles. The minimum Gasteiger partial charge on any atom is -0.370 e. The van der Waals surface area contributed by atoms with Crippen molar-refractivity contribution in [2.24, 2.45) is 0 Å².